The van der Waals surface area contributed by atoms with Gasteiger partial charge in [-0.25, -0.2) is 4.79 Å². The third kappa shape index (κ3) is 9.90. The number of rotatable bonds is 8. The van der Waals surface area contributed by atoms with Gasteiger partial charge < -0.3 is 19.3 Å². The molecule has 1 aliphatic heterocycles. The van der Waals surface area contributed by atoms with Crippen molar-refractivity contribution >= 4 is 18.1 Å². The Hall–Kier alpha value is -3.11. The van der Waals surface area contributed by atoms with E-state index >= 15 is 0 Å². The van der Waals surface area contributed by atoms with E-state index in [1.165, 1.54) is 6.92 Å². The molecule has 1 rings (SSSR count). The van der Waals surface area contributed by atoms with Crippen LogP contribution in [-0.4, -0.2) is 35.4 Å². The van der Waals surface area contributed by atoms with Gasteiger partial charge in [-0.3, -0.25) is 9.59 Å². The lowest BCUT2D eigenvalue weighted by molar-refractivity contribution is -0.137. The predicted octanol–water partition coefficient (Wildman–Crippen LogP) is 2.24. The molecular formula is C19H20O7. The standard InChI is InChI=1S/C19H20O7/c1-15(20)24-14-10-6-2-3-7-11-16-17(26-19(23)25-16)12-8-4-5-9-13-18(21)22/h16-17H,4-5,8-9,11-13H2,1H3,(H,21,22)/t16-,17-/m0/s1. The molecule has 26 heavy (non-hydrogen) atoms. The van der Waals surface area contributed by atoms with Crippen LogP contribution in [-0.2, 0) is 23.8 Å². The minimum Gasteiger partial charge on any atom is -0.481 e. The lowest BCUT2D eigenvalue weighted by atomic mass is 10.0. The number of carboxylic acids is 1. The molecule has 1 N–H and O–H groups in total. The van der Waals surface area contributed by atoms with Gasteiger partial charge in [0.2, 0.25) is 0 Å². The SMILES string of the molecule is CC(=O)OC#CC#CC#CC[C@@H]1OC(=O)O[C@H]1CCCCCCC(=O)O. The molecule has 0 bridgehead atoms. The minimum atomic E-state index is -0.790. The fourth-order valence-corrected chi connectivity index (χ4v) is 2.20. The third-order valence-corrected chi connectivity index (χ3v) is 3.36. The Bertz CT molecular complexity index is 691. The van der Waals surface area contributed by atoms with E-state index in [4.69, 9.17) is 14.6 Å². The molecule has 0 aromatic heterocycles. The normalized spacial score (nSPS) is 17.2. The van der Waals surface area contributed by atoms with Crippen LogP contribution in [0.2, 0.25) is 0 Å². The van der Waals surface area contributed by atoms with Gasteiger partial charge in [0, 0.05) is 25.2 Å². The monoisotopic (exact) mass is 360 g/mol. The highest BCUT2D eigenvalue weighted by Gasteiger charge is 2.35. The fourth-order valence-electron chi connectivity index (χ4n) is 2.20. The zero-order valence-electron chi connectivity index (χ0n) is 14.5. The number of carbonyl (C=O) groups excluding carboxylic acids is 2. The number of cyclic esters (lactones) is 2. The molecule has 0 aromatic carbocycles. The molecule has 0 radical (unpaired) electrons. The molecule has 1 aliphatic rings. The van der Waals surface area contributed by atoms with Gasteiger partial charge in [-0.05, 0) is 31.1 Å². The molecule has 0 amide bonds. The Morgan fingerprint density at radius 1 is 1.04 bits per heavy atom. The summed E-state index contributed by atoms with van der Waals surface area (Å²) in [5.74, 6) is 11.2. The first kappa shape index (κ1) is 20.9. The summed E-state index contributed by atoms with van der Waals surface area (Å²) < 4.78 is 14.6. The van der Waals surface area contributed by atoms with E-state index in [0.29, 0.717) is 19.3 Å². The van der Waals surface area contributed by atoms with Crippen molar-refractivity contribution in [3.05, 3.63) is 0 Å². The van der Waals surface area contributed by atoms with Gasteiger partial charge in [-0.2, -0.15) is 0 Å². The van der Waals surface area contributed by atoms with Crippen LogP contribution in [0.1, 0.15) is 51.9 Å². The van der Waals surface area contributed by atoms with Gasteiger partial charge in [0.1, 0.15) is 12.2 Å². The zero-order chi connectivity index (χ0) is 19.2. The highest BCUT2D eigenvalue weighted by atomic mass is 16.8. The molecule has 138 valence electrons. The van der Waals surface area contributed by atoms with Crippen molar-refractivity contribution in [3.8, 4) is 35.7 Å². The Morgan fingerprint density at radius 2 is 1.73 bits per heavy atom. The van der Waals surface area contributed by atoms with Gasteiger partial charge in [0.05, 0.1) is 6.42 Å². The second-order valence-electron chi connectivity index (χ2n) is 5.49. The number of hydrogen-bond donors (Lipinski definition) is 1. The topological polar surface area (TPSA) is 99.1 Å². The van der Waals surface area contributed by atoms with E-state index in [1.807, 2.05) is 0 Å². The molecule has 0 saturated carbocycles. The Morgan fingerprint density at radius 3 is 2.46 bits per heavy atom. The maximum Gasteiger partial charge on any atom is 0.509 e. The smallest absolute Gasteiger partial charge is 0.481 e. The maximum absolute atomic E-state index is 11.3. The fraction of sp³-hybridized carbons (Fsp3) is 0.526. The molecule has 1 saturated heterocycles. The van der Waals surface area contributed by atoms with Crippen LogP contribution >= 0.6 is 0 Å². The lowest BCUT2D eigenvalue weighted by Gasteiger charge is -2.12. The zero-order valence-corrected chi connectivity index (χ0v) is 14.5. The number of ether oxygens (including phenoxy) is 3. The van der Waals surface area contributed by atoms with Crippen LogP contribution < -0.4 is 0 Å². The molecule has 0 aliphatic carbocycles. The summed E-state index contributed by atoms with van der Waals surface area (Å²) in [4.78, 5) is 32.2. The molecule has 7 heteroatoms. The van der Waals surface area contributed by atoms with E-state index in [1.54, 1.807) is 0 Å². The summed E-state index contributed by atoms with van der Waals surface area (Å²) in [6.45, 7) is 1.24. The number of carboxylic acid groups (broad SMARTS) is 1. The van der Waals surface area contributed by atoms with Gasteiger partial charge in [-0.1, -0.05) is 18.8 Å². The van der Waals surface area contributed by atoms with Crippen molar-refractivity contribution in [1.82, 2.24) is 0 Å². The van der Waals surface area contributed by atoms with Gasteiger partial charge >= 0.3 is 18.1 Å². The third-order valence-electron chi connectivity index (χ3n) is 3.36. The summed E-state index contributed by atoms with van der Waals surface area (Å²) in [6.07, 6.45) is 4.87. The molecule has 1 heterocycles. The molecular weight excluding hydrogens is 340 g/mol. The Balaban J connectivity index is 2.31. The van der Waals surface area contributed by atoms with E-state index in [9.17, 15) is 14.4 Å². The molecule has 2 atom stereocenters. The highest BCUT2D eigenvalue weighted by molar-refractivity contribution is 5.67. The first-order valence-corrected chi connectivity index (χ1v) is 8.23. The summed E-state index contributed by atoms with van der Waals surface area (Å²) in [6, 6.07) is 0. The summed E-state index contributed by atoms with van der Waals surface area (Å²) >= 11 is 0. The van der Waals surface area contributed by atoms with Crippen LogP contribution in [0.15, 0.2) is 0 Å². The Kier molecular flexibility index (Phi) is 9.89. The summed E-state index contributed by atoms with van der Waals surface area (Å²) in [5, 5.41) is 8.57. The van der Waals surface area contributed by atoms with Crippen LogP contribution in [0, 0.1) is 35.7 Å². The average Bonchev–Trinajstić information content (AvgIpc) is 2.92. The van der Waals surface area contributed by atoms with Gasteiger partial charge in [-0.15, -0.1) is 0 Å². The second kappa shape index (κ2) is 12.3. The van der Waals surface area contributed by atoms with E-state index in [0.717, 1.165) is 19.3 Å². The lowest BCUT2D eigenvalue weighted by Crippen LogP contribution is -2.21. The summed E-state index contributed by atoms with van der Waals surface area (Å²) in [7, 11) is 0. The van der Waals surface area contributed by atoms with Crippen molar-refractivity contribution in [3.63, 3.8) is 0 Å². The number of esters is 1. The van der Waals surface area contributed by atoms with Crippen molar-refractivity contribution in [2.75, 3.05) is 0 Å². The van der Waals surface area contributed by atoms with Crippen molar-refractivity contribution in [1.29, 1.82) is 0 Å². The number of unbranched alkanes of at least 4 members (excludes halogenated alkanes) is 3. The molecule has 0 unspecified atom stereocenters. The highest BCUT2D eigenvalue weighted by Crippen LogP contribution is 2.23. The molecule has 1 fully saturated rings. The molecule has 0 aromatic rings. The van der Waals surface area contributed by atoms with Crippen molar-refractivity contribution < 1.29 is 33.7 Å². The number of carbonyl (C=O) groups is 3. The first-order chi connectivity index (χ1) is 12.5. The van der Waals surface area contributed by atoms with E-state index in [-0.39, 0.29) is 12.5 Å². The quantitative estimate of drug-likeness (QED) is 0.402. The maximum atomic E-state index is 11.3. The van der Waals surface area contributed by atoms with Crippen LogP contribution in [0.25, 0.3) is 0 Å². The molecule has 7 nitrogen and oxygen atoms in total. The van der Waals surface area contributed by atoms with E-state index in [2.05, 4.69) is 40.4 Å². The van der Waals surface area contributed by atoms with Crippen LogP contribution in [0.4, 0.5) is 4.79 Å². The largest absolute Gasteiger partial charge is 0.509 e. The molecule has 0 spiro atoms. The van der Waals surface area contributed by atoms with Crippen LogP contribution in [0.5, 0.6) is 0 Å². The predicted molar refractivity (Wildman–Crippen MR) is 90.2 cm³/mol. The van der Waals surface area contributed by atoms with Gasteiger partial charge in [0.15, 0.2) is 6.10 Å². The van der Waals surface area contributed by atoms with Gasteiger partial charge in [0.25, 0.3) is 0 Å². The van der Waals surface area contributed by atoms with E-state index < -0.39 is 24.2 Å². The van der Waals surface area contributed by atoms with Crippen LogP contribution in [0.3, 0.4) is 0 Å². The second-order valence-corrected chi connectivity index (χ2v) is 5.49. The van der Waals surface area contributed by atoms with Crippen molar-refractivity contribution in [2.45, 2.75) is 64.1 Å². The minimum absolute atomic E-state index is 0.173. The average molecular weight is 360 g/mol. The van der Waals surface area contributed by atoms with Crippen molar-refractivity contribution in [2.24, 2.45) is 0 Å². The number of aliphatic carboxylic acids is 1. The Labute approximate surface area is 152 Å². The number of hydrogen-bond acceptors (Lipinski definition) is 6. The first-order valence-electron chi connectivity index (χ1n) is 8.23. The summed E-state index contributed by atoms with van der Waals surface area (Å²) in [5.41, 5.74) is 0.